The van der Waals surface area contributed by atoms with Gasteiger partial charge < -0.3 is 9.26 Å². The summed E-state index contributed by atoms with van der Waals surface area (Å²) in [5.41, 5.74) is 2.63. The Hall–Kier alpha value is -2.12. The van der Waals surface area contributed by atoms with Crippen molar-refractivity contribution in [1.82, 2.24) is 14.7 Å². The average Bonchev–Trinajstić information content (AvgIpc) is 2.93. The lowest BCUT2D eigenvalue weighted by atomic mass is 10.2. The van der Waals surface area contributed by atoms with E-state index in [9.17, 15) is 4.79 Å². The van der Waals surface area contributed by atoms with Gasteiger partial charge in [0.1, 0.15) is 5.76 Å². The van der Waals surface area contributed by atoms with Gasteiger partial charge in [0, 0.05) is 31.6 Å². The zero-order valence-corrected chi connectivity index (χ0v) is 15.4. The van der Waals surface area contributed by atoms with Crippen molar-refractivity contribution in [2.75, 3.05) is 13.7 Å². The minimum absolute atomic E-state index is 0.0111. The molecule has 0 aliphatic carbocycles. The SMILES string of the molecule is COCCCn1c(SCc2c(C)noc2C)nc2ccccc2c1=O. The number of ether oxygens (including phenoxy) is 1. The van der Waals surface area contributed by atoms with E-state index in [0.717, 1.165) is 29.0 Å². The van der Waals surface area contributed by atoms with Gasteiger partial charge in [0.05, 0.1) is 16.6 Å². The number of fused-ring (bicyclic) bond motifs is 1. The molecule has 0 aliphatic heterocycles. The van der Waals surface area contributed by atoms with E-state index in [1.807, 2.05) is 38.1 Å². The quantitative estimate of drug-likeness (QED) is 0.366. The standard InChI is InChI=1S/C18H21N3O3S/c1-12-15(13(2)24-20-12)11-25-18-19-16-8-5-4-7-14(16)17(22)21(18)9-6-10-23-3/h4-5,7-8H,6,9-11H2,1-3H3. The van der Waals surface area contributed by atoms with Crippen molar-refractivity contribution in [2.24, 2.45) is 0 Å². The topological polar surface area (TPSA) is 70.2 Å². The first kappa shape index (κ1) is 17.7. The number of rotatable bonds is 7. The molecular formula is C18H21N3O3S. The Labute approximate surface area is 150 Å². The first-order valence-corrected chi connectivity index (χ1v) is 9.13. The van der Waals surface area contributed by atoms with Crippen molar-refractivity contribution < 1.29 is 9.26 Å². The maximum absolute atomic E-state index is 12.9. The molecule has 2 heterocycles. The monoisotopic (exact) mass is 359 g/mol. The molecule has 0 spiro atoms. The highest BCUT2D eigenvalue weighted by molar-refractivity contribution is 7.98. The minimum Gasteiger partial charge on any atom is -0.385 e. The second kappa shape index (κ2) is 7.84. The molecule has 0 radical (unpaired) electrons. The van der Waals surface area contributed by atoms with E-state index in [1.54, 1.807) is 11.7 Å². The number of thioether (sulfide) groups is 1. The molecule has 25 heavy (non-hydrogen) atoms. The van der Waals surface area contributed by atoms with Crippen LogP contribution in [0.3, 0.4) is 0 Å². The smallest absolute Gasteiger partial charge is 0.262 e. The van der Waals surface area contributed by atoms with Gasteiger partial charge >= 0.3 is 0 Å². The van der Waals surface area contributed by atoms with Crippen LogP contribution in [0.15, 0.2) is 38.7 Å². The molecule has 0 N–H and O–H groups in total. The van der Waals surface area contributed by atoms with E-state index in [0.29, 0.717) is 29.4 Å². The van der Waals surface area contributed by atoms with E-state index in [4.69, 9.17) is 14.2 Å². The average molecular weight is 359 g/mol. The fourth-order valence-electron chi connectivity index (χ4n) is 2.67. The summed E-state index contributed by atoms with van der Waals surface area (Å²) in [7, 11) is 1.66. The second-order valence-electron chi connectivity index (χ2n) is 5.81. The van der Waals surface area contributed by atoms with Crippen LogP contribution in [0.2, 0.25) is 0 Å². The van der Waals surface area contributed by atoms with E-state index in [-0.39, 0.29) is 5.56 Å². The number of benzene rings is 1. The third-order valence-corrected chi connectivity index (χ3v) is 5.09. The van der Waals surface area contributed by atoms with E-state index < -0.39 is 0 Å². The van der Waals surface area contributed by atoms with Gasteiger partial charge in [-0.2, -0.15) is 0 Å². The van der Waals surface area contributed by atoms with Crippen LogP contribution in [0.5, 0.6) is 0 Å². The van der Waals surface area contributed by atoms with Crippen molar-refractivity contribution >= 4 is 22.7 Å². The molecule has 0 unspecified atom stereocenters. The van der Waals surface area contributed by atoms with Gasteiger partial charge in [-0.05, 0) is 32.4 Å². The molecule has 3 aromatic rings. The third kappa shape index (κ3) is 3.77. The summed E-state index contributed by atoms with van der Waals surface area (Å²) >= 11 is 1.53. The second-order valence-corrected chi connectivity index (χ2v) is 6.75. The zero-order chi connectivity index (χ0) is 17.8. The molecule has 0 amide bonds. The summed E-state index contributed by atoms with van der Waals surface area (Å²) in [6.07, 6.45) is 0.759. The van der Waals surface area contributed by atoms with E-state index >= 15 is 0 Å². The van der Waals surface area contributed by atoms with Crippen LogP contribution in [0, 0.1) is 13.8 Å². The number of para-hydroxylation sites is 1. The van der Waals surface area contributed by atoms with E-state index in [2.05, 4.69) is 5.16 Å². The van der Waals surface area contributed by atoms with Crippen LogP contribution in [-0.2, 0) is 17.0 Å². The molecule has 0 fully saturated rings. The van der Waals surface area contributed by atoms with Crippen LogP contribution >= 0.6 is 11.8 Å². The Kier molecular flexibility index (Phi) is 5.55. The summed E-state index contributed by atoms with van der Waals surface area (Å²) < 4.78 is 12.1. The summed E-state index contributed by atoms with van der Waals surface area (Å²) in [6, 6.07) is 7.45. The highest BCUT2D eigenvalue weighted by Gasteiger charge is 2.14. The lowest BCUT2D eigenvalue weighted by Crippen LogP contribution is -2.24. The lowest BCUT2D eigenvalue weighted by molar-refractivity contribution is 0.189. The predicted molar refractivity (Wildman–Crippen MR) is 98.0 cm³/mol. The molecular weight excluding hydrogens is 338 g/mol. The van der Waals surface area contributed by atoms with Gasteiger partial charge in [-0.3, -0.25) is 9.36 Å². The Morgan fingerprint density at radius 1 is 1.28 bits per heavy atom. The Balaban J connectivity index is 1.96. The first-order chi connectivity index (χ1) is 12.1. The van der Waals surface area contributed by atoms with Gasteiger partial charge in [0.2, 0.25) is 0 Å². The Bertz CT molecular complexity index is 913. The molecule has 6 nitrogen and oxygen atoms in total. The molecule has 1 aromatic carbocycles. The van der Waals surface area contributed by atoms with Gasteiger partial charge in [-0.25, -0.2) is 4.98 Å². The molecule has 132 valence electrons. The molecule has 7 heteroatoms. The fraction of sp³-hybridized carbons (Fsp3) is 0.389. The van der Waals surface area contributed by atoms with Gasteiger partial charge in [-0.1, -0.05) is 29.1 Å². The number of hydrogen-bond acceptors (Lipinski definition) is 6. The fourth-order valence-corrected chi connectivity index (χ4v) is 3.85. The molecule has 0 saturated heterocycles. The van der Waals surface area contributed by atoms with Crippen LogP contribution in [0.25, 0.3) is 10.9 Å². The Morgan fingerprint density at radius 2 is 2.08 bits per heavy atom. The number of methoxy groups -OCH3 is 1. The highest BCUT2D eigenvalue weighted by atomic mass is 32.2. The number of aromatic nitrogens is 3. The molecule has 0 saturated carbocycles. The maximum atomic E-state index is 12.9. The molecule has 0 atom stereocenters. The summed E-state index contributed by atoms with van der Waals surface area (Å²) in [4.78, 5) is 17.6. The molecule has 0 aliphatic rings. The number of nitrogens with zero attached hydrogens (tertiary/aromatic N) is 3. The van der Waals surface area contributed by atoms with Crippen molar-refractivity contribution in [1.29, 1.82) is 0 Å². The van der Waals surface area contributed by atoms with Gasteiger partial charge in [0.25, 0.3) is 5.56 Å². The highest BCUT2D eigenvalue weighted by Crippen LogP contribution is 2.25. The van der Waals surface area contributed by atoms with E-state index in [1.165, 1.54) is 11.8 Å². The van der Waals surface area contributed by atoms with Crippen LogP contribution in [0.1, 0.15) is 23.4 Å². The van der Waals surface area contributed by atoms with Gasteiger partial charge in [0.15, 0.2) is 5.16 Å². The summed E-state index contributed by atoms with van der Waals surface area (Å²) in [6.45, 7) is 5.00. The zero-order valence-electron chi connectivity index (χ0n) is 14.6. The van der Waals surface area contributed by atoms with Crippen LogP contribution < -0.4 is 5.56 Å². The van der Waals surface area contributed by atoms with Crippen LogP contribution in [0.4, 0.5) is 0 Å². The summed E-state index contributed by atoms with van der Waals surface area (Å²) in [5.74, 6) is 1.47. The molecule has 3 rings (SSSR count). The summed E-state index contributed by atoms with van der Waals surface area (Å²) in [5, 5.41) is 5.33. The largest absolute Gasteiger partial charge is 0.385 e. The first-order valence-electron chi connectivity index (χ1n) is 8.15. The van der Waals surface area contributed by atoms with Crippen molar-refractivity contribution in [3.05, 3.63) is 51.6 Å². The number of hydrogen-bond donors (Lipinski definition) is 0. The van der Waals surface area contributed by atoms with Crippen LogP contribution in [-0.4, -0.2) is 28.4 Å². The van der Waals surface area contributed by atoms with Crippen molar-refractivity contribution in [3.8, 4) is 0 Å². The van der Waals surface area contributed by atoms with Crippen molar-refractivity contribution in [2.45, 2.75) is 37.7 Å². The van der Waals surface area contributed by atoms with Crippen molar-refractivity contribution in [3.63, 3.8) is 0 Å². The lowest BCUT2D eigenvalue weighted by Gasteiger charge is -2.13. The maximum Gasteiger partial charge on any atom is 0.262 e. The minimum atomic E-state index is -0.0111. The number of aryl methyl sites for hydroxylation is 2. The predicted octanol–water partition coefficient (Wildman–Crippen LogP) is 3.33. The molecule has 0 bridgehead atoms. The third-order valence-electron chi connectivity index (χ3n) is 4.08. The normalized spacial score (nSPS) is 11.3. The molecule has 2 aromatic heterocycles. The Morgan fingerprint density at radius 3 is 2.80 bits per heavy atom. The van der Waals surface area contributed by atoms with Gasteiger partial charge in [-0.15, -0.1) is 0 Å².